The van der Waals surface area contributed by atoms with Crippen LogP contribution in [0.3, 0.4) is 0 Å². The third-order valence-corrected chi connectivity index (χ3v) is 12.3. The van der Waals surface area contributed by atoms with Crippen molar-refractivity contribution in [1.29, 1.82) is 0 Å². The first kappa shape index (κ1) is 40.4. The number of carbonyl (C=O) groups is 3. The van der Waals surface area contributed by atoms with Crippen LogP contribution in [0.5, 0.6) is 11.6 Å². The van der Waals surface area contributed by atoms with E-state index in [0.29, 0.717) is 36.5 Å². The van der Waals surface area contributed by atoms with Gasteiger partial charge in [-0.2, -0.15) is 0 Å². The third kappa shape index (κ3) is 7.66. The second-order valence-corrected chi connectivity index (χ2v) is 17.9. The van der Waals surface area contributed by atoms with E-state index in [0.717, 1.165) is 53.9 Å². The van der Waals surface area contributed by atoms with Gasteiger partial charge in [0.2, 0.25) is 0 Å². The molecule has 5 atom stereocenters. The number of hydrogen-bond donors (Lipinski definition) is 1. The maximum atomic E-state index is 15.3. The van der Waals surface area contributed by atoms with Crippen LogP contribution in [0.15, 0.2) is 71.3 Å². The van der Waals surface area contributed by atoms with Crippen LogP contribution in [0.1, 0.15) is 109 Å². The Labute approximate surface area is 337 Å². The van der Waals surface area contributed by atoms with E-state index in [4.69, 9.17) is 14.0 Å². The zero-order valence-electron chi connectivity index (χ0n) is 34.8. The number of rotatable bonds is 14. The van der Waals surface area contributed by atoms with Crippen LogP contribution in [-0.2, 0) is 31.0 Å². The highest BCUT2D eigenvalue weighted by Crippen LogP contribution is 2.60. The van der Waals surface area contributed by atoms with Gasteiger partial charge in [-0.15, -0.1) is 0 Å². The number of ketones is 3. The molecule has 3 aromatic carbocycles. The van der Waals surface area contributed by atoms with Gasteiger partial charge in [0.1, 0.15) is 24.5 Å². The minimum absolute atomic E-state index is 0.0772. The largest absolute Gasteiger partial charge is 0.488 e. The lowest BCUT2D eigenvalue weighted by Crippen LogP contribution is -2.60. The number of fused-ring (bicyclic) bond motifs is 4. The number of hydrogen-bond acceptors (Lipinski definition) is 10. The van der Waals surface area contributed by atoms with Crippen molar-refractivity contribution in [2.75, 3.05) is 39.1 Å². The van der Waals surface area contributed by atoms with E-state index in [1.54, 1.807) is 6.92 Å². The summed E-state index contributed by atoms with van der Waals surface area (Å²) in [5.41, 5.74) is 4.02. The summed E-state index contributed by atoms with van der Waals surface area (Å²) in [6.07, 6.45) is 2.91. The molecular formula is C47H58N4O6. The molecule has 302 valence electrons. The summed E-state index contributed by atoms with van der Waals surface area (Å²) < 4.78 is 18.8. The molecular weight excluding hydrogens is 717 g/mol. The number of benzene rings is 3. The quantitative estimate of drug-likeness (QED) is 0.126. The molecule has 0 saturated heterocycles. The fourth-order valence-corrected chi connectivity index (χ4v) is 9.46. The van der Waals surface area contributed by atoms with Crippen LogP contribution in [-0.4, -0.2) is 61.6 Å². The Morgan fingerprint density at radius 1 is 0.930 bits per heavy atom. The summed E-state index contributed by atoms with van der Waals surface area (Å²) in [6.45, 7) is 13.1. The average Bonchev–Trinajstić information content (AvgIpc) is 3.60. The summed E-state index contributed by atoms with van der Waals surface area (Å²) in [4.78, 5) is 49.9. The summed E-state index contributed by atoms with van der Waals surface area (Å²) in [5, 5.41) is 7.95. The molecule has 7 rings (SSSR count). The lowest BCUT2D eigenvalue weighted by atomic mass is 9.49. The molecule has 1 saturated carbocycles. The zero-order valence-corrected chi connectivity index (χ0v) is 34.8. The smallest absolute Gasteiger partial charge is 0.265 e. The normalized spacial score (nSPS) is 22.8. The van der Waals surface area contributed by atoms with E-state index in [1.165, 1.54) is 0 Å². The van der Waals surface area contributed by atoms with Gasteiger partial charge in [-0.05, 0) is 84.6 Å². The van der Waals surface area contributed by atoms with E-state index in [2.05, 4.69) is 48.0 Å². The molecule has 10 heteroatoms. The lowest BCUT2D eigenvalue weighted by Gasteiger charge is -2.52. The van der Waals surface area contributed by atoms with Crippen LogP contribution < -0.4 is 19.7 Å². The Morgan fingerprint density at radius 2 is 1.58 bits per heavy atom. The molecule has 1 heterocycles. The molecule has 3 aliphatic carbocycles. The SMILES string of the molecule is CCCCN(C)C1c2onc(OCc3ccccc3)c2C(=O)C2(C)C(=O)C3C(=O)c4c(OCc5ccccc5)cc(CNCC(C)(C)C)c(N(C)C)c4CC3CC12. The van der Waals surface area contributed by atoms with Gasteiger partial charge in [-0.25, -0.2) is 0 Å². The summed E-state index contributed by atoms with van der Waals surface area (Å²) >= 11 is 0. The van der Waals surface area contributed by atoms with E-state index < -0.39 is 23.3 Å². The topological polar surface area (TPSA) is 114 Å². The zero-order chi connectivity index (χ0) is 40.6. The maximum Gasteiger partial charge on any atom is 0.265 e. The first-order valence-electron chi connectivity index (χ1n) is 20.5. The van der Waals surface area contributed by atoms with Crippen molar-refractivity contribution in [2.24, 2.45) is 28.6 Å². The predicted octanol–water partition coefficient (Wildman–Crippen LogP) is 8.27. The Morgan fingerprint density at radius 3 is 2.19 bits per heavy atom. The molecule has 5 unspecified atom stereocenters. The van der Waals surface area contributed by atoms with E-state index in [-0.39, 0.29) is 53.3 Å². The molecule has 0 aliphatic heterocycles. The van der Waals surface area contributed by atoms with Gasteiger partial charge in [0.15, 0.2) is 23.1 Å². The number of ether oxygens (including phenoxy) is 2. The van der Waals surface area contributed by atoms with E-state index >= 15 is 14.4 Å². The second kappa shape index (κ2) is 16.2. The Balaban J connectivity index is 1.31. The number of aromatic nitrogens is 1. The molecule has 0 bridgehead atoms. The Hall–Kier alpha value is -4.80. The highest BCUT2D eigenvalue weighted by atomic mass is 16.5. The molecule has 4 aromatic rings. The number of nitrogens with zero attached hydrogens (tertiary/aromatic N) is 3. The number of anilines is 1. The van der Waals surface area contributed by atoms with E-state index in [1.807, 2.05) is 87.9 Å². The second-order valence-electron chi connectivity index (χ2n) is 17.9. The molecule has 0 spiro atoms. The first-order chi connectivity index (χ1) is 27.2. The minimum Gasteiger partial charge on any atom is -0.488 e. The molecule has 10 nitrogen and oxygen atoms in total. The van der Waals surface area contributed by atoms with Gasteiger partial charge < -0.3 is 24.2 Å². The van der Waals surface area contributed by atoms with Crippen molar-refractivity contribution in [1.82, 2.24) is 15.4 Å². The third-order valence-electron chi connectivity index (χ3n) is 12.3. The molecule has 0 amide bonds. The fraction of sp³-hybridized carbons (Fsp3) is 0.489. The Kier molecular flexibility index (Phi) is 11.5. The van der Waals surface area contributed by atoms with Crippen molar-refractivity contribution in [3.05, 3.63) is 106 Å². The molecule has 57 heavy (non-hydrogen) atoms. The molecule has 3 aliphatic rings. The molecule has 0 radical (unpaired) electrons. The number of unbranched alkanes of at least 4 members (excludes halogenated alkanes) is 1. The van der Waals surface area contributed by atoms with Gasteiger partial charge in [0.25, 0.3) is 5.88 Å². The van der Waals surface area contributed by atoms with Gasteiger partial charge in [0.05, 0.1) is 22.9 Å². The average molecular weight is 775 g/mol. The number of nitrogens with one attached hydrogen (secondary N) is 1. The first-order valence-corrected chi connectivity index (χ1v) is 20.5. The monoisotopic (exact) mass is 774 g/mol. The Bertz CT molecular complexity index is 2110. The van der Waals surface area contributed by atoms with Gasteiger partial charge >= 0.3 is 0 Å². The maximum absolute atomic E-state index is 15.3. The summed E-state index contributed by atoms with van der Waals surface area (Å²) in [5.74, 6) is -1.75. The van der Waals surface area contributed by atoms with Gasteiger partial charge in [0, 0.05) is 38.8 Å². The van der Waals surface area contributed by atoms with Crippen LogP contribution in [0, 0.1) is 28.6 Å². The lowest BCUT2D eigenvalue weighted by molar-refractivity contribution is -0.140. The van der Waals surface area contributed by atoms with Crippen molar-refractivity contribution >= 4 is 23.0 Å². The standard InChI is InChI=1S/C47H58N4O6/c1-9-10-21-51(8)40-34-23-31-22-33-37(35(55-26-29-17-13-11-14-18-29)24-32(39(33)50(6)7)25-48-28-46(2,3)4)41(52)36(31)43(53)47(34,5)44(54)38-42(40)57-49-45(38)56-27-30-19-15-12-16-20-30/h11-20,24,31,34,36,40,48H,9-10,21-23,25-28H2,1-8H3. The van der Waals surface area contributed by atoms with Gasteiger partial charge in [-0.1, -0.05) is 94.8 Å². The molecule has 1 fully saturated rings. The van der Waals surface area contributed by atoms with Crippen molar-refractivity contribution in [3.63, 3.8) is 0 Å². The van der Waals surface area contributed by atoms with Crippen molar-refractivity contribution < 1.29 is 28.4 Å². The highest BCUT2D eigenvalue weighted by Gasteiger charge is 2.65. The van der Waals surface area contributed by atoms with E-state index in [9.17, 15) is 0 Å². The van der Waals surface area contributed by atoms with Crippen molar-refractivity contribution in [3.8, 4) is 11.6 Å². The minimum atomic E-state index is -1.50. The van der Waals surface area contributed by atoms with Crippen LogP contribution in [0.4, 0.5) is 5.69 Å². The molecule has 1 aromatic heterocycles. The van der Waals surface area contributed by atoms with Crippen LogP contribution in [0.2, 0.25) is 0 Å². The van der Waals surface area contributed by atoms with Gasteiger partial charge in [-0.3, -0.25) is 19.3 Å². The van der Waals surface area contributed by atoms with Crippen LogP contribution >= 0.6 is 0 Å². The van der Waals surface area contributed by atoms with Crippen molar-refractivity contribution in [2.45, 2.75) is 86.1 Å². The van der Waals surface area contributed by atoms with Crippen LogP contribution in [0.25, 0.3) is 0 Å². The molecule has 1 N–H and O–H groups in total. The highest BCUT2D eigenvalue weighted by molar-refractivity contribution is 6.25. The number of Topliss-reactive ketones (excluding diaryl/α,β-unsaturated/α-hetero) is 3. The fourth-order valence-electron chi connectivity index (χ4n) is 9.46. The number of carbonyl (C=O) groups excluding carboxylic acids is 3. The summed E-state index contributed by atoms with van der Waals surface area (Å²) in [7, 11) is 6.05. The predicted molar refractivity (Wildman–Crippen MR) is 221 cm³/mol. The summed E-state index contributed by atoms with van der Waals surface area (Å²) in [6, 6.07) is 21.1.